The topological polar surface area (TPSA) is 75.5 Å². The lowest BCUT2D eigenvalue weighted by atomic mass is 10.2. The summed E-state index contributed by atoms with van der Waals surface area (Å²) >= 11 is 0. The van der Waals surface area contributed by atoms with Gasteiger partial charge in [0, 0.05) is 0 Å². The van der Waals surface area contributed by atoms with E-state index in [0.717, 1.165) is 0 Å². The van der Waals surface area contributed by atoms with Crippen LogP contribution in [0.3, 0.4) is 0 Å². The number of nitrogens with zero attached hydrogens (tertiary/aromatic N) is 3. The van der Waals surface area contributed by atoms with Crippen LogP contribution in [0.1, 0.15) is 31.3 Å². The number of ether oxygens (including phenoxy) is 2. The van der Waals surface area contributed by atoms with E-state index in [-0.39, 0.29) is 10.7 Å². The Morgan fingerprint density at radius 3 is 2.55 bits per heavy atom. The van der Waals surface area contributed by atoms with E-state index in [2.05, 4.69) is 48.9 Å². The van der Waals surface area contributed by atoms with Gasteiger partial charge in [0.1, 0.15) is 0 Å². The van der Waals surface area contributed by atoms with Crippen molar-refractivity contribution in [1.82, 2.24) is 15.0 Å². The van der Waals surface area contributed by atoms with Crippen LogP contribution in [0.5, 0.6) is 0 Å². The number of hydrogen-bond acceptors (Lipinski definition) is 6. The van der Waals surface area contributed by atoms with Crippen LogP contribution >= 0.6 is 0 Å². The van der Waals surface area contributed by atoms with Gasteiger partial charge in [0.25, 0.3) is 0 Å². The van der Waals surface area contributed by atoms with Gasteiger partial charge in [0.15, 0.2) is 14.0 Å². The summed E-state index contributed by atoms with van der Waals surface area (Å²) in [6, 6.07) is 0. The second-order valence-corrected chi connectivity index (χ2v) is 11.4. The molecule has 126 valence electrons. The number of carbonyl (C=O) groups is 1. The van der Waals surface area contributed by atoms with E-state index < -0.39 is 14.3 Å². The van der Waals surface area contributed by atoms with E-state index in [0.29, 0.717) is 26.4 Å². The van der Waals surface area contributed by atoms with E-state index in [1.807, 2.05) is 0 Å². The van der Waals surface area contributed by atoms with Crippen molar-refractivity contribution in [3.63, 3.8) is 0 Å². The SMILES string of the molecule is COC(=O)c1cn(CCOCCO[Si](C)(C)C(C)(C)C)nn1. The van der Waals surface area contributed by atoms with Crippen LogP contribution in [0.15, 0.2) is 6.20 Å². The normalized spacial score (nSPS) is 12.5. The number of rotatable bonds is 8. The number of carbonyl (C=O) groups excluding carboxylic acids is 1. The summed E-state index contributed by atoms with van der Waals surface area (Å²) in [5.41, 5.74) is 0.198. The smallest absolute Gasteiger partial charge is 0.360 e. The van der Waals surface area contributed by atoms with Gasteiger partial charge in [0.2, 0.25) is 0 Å². The largest absolute Gasteiger partial charge is 0.464 e. The number of methoxy groups -OCH3 is 1. The molecule has 0 fully saturated rings. The highest BCUT2D eigenvalue weighted by atomic mass is 28.4. The summed E-state index contributed by atoms with van der Waals surface area (Å²) in [6.45, 7) is 13.2. The molecule has 0 radical (unpaired) electrons. The Morgan fingerprint density at radius 2 is 1.95 bits per heavy atom. The van der Waals surface area contributed by atoms with Crippen LogP contribution in [0, 0.1) is 0 Å². The predicted molar refractivity (Wildman–Crippen MR) is 85.3 cm³/mol. The first-order valence-corrected chi connectivity index (χ1v) is 10.3. The van der Waals surface area contributed by atoms with Crippen LogP contribution in [0.4, 0.5) is 0 Å². The molecule has 1 heterocycles. The molecule has 0 aliphatic heterocycles. The standard InChI is InChI=1S/C14H27N3O4Si/c1-14(2,3)22(5,6)21-10-9-20-8-7-17-11-12(15-16-17)13(18)19-4/h11H,7-10H2,1-6H3. The zero-order chi connectivity index (χ0) is 16.8. The third-order valence-corrected chi connectivity index (χ3v) is 8.43. The van der Waals surface area contributed by atoms with E-state index in [1.54, 1.807) is 10.9 Å². The highest BCUT2D eigenvalue weighted by Crippen LogP contribution is 2.36. The van der Waals surface area contributed by atoms with E-state index in [4.69, 9.17) is 9.16 Å². The molecule has 0 atom stereocenters. The monoisotopic (exact) mass is 329 g/mol. The van der Waals surface area contributed by atoms with Crippen molar-refractivity contribution in [3.8, 4) is 0 Å². The fourth-order valence-electron chi connectivity index (χ4n) is 1.44. The molecule has 0 aromatic carbocycles. The molecule has 0 bridgehead atoms. The van der Waals surface area contributed by atoms with Gasteiger partial charge in [-0.05, 0) is 18.1 Å². The molecule has 0 saturated heterocycles. The fraction of sp³-hybridized carbons (Fsp3) is 0.786. The third kappa shape index (κ3) is 5.51. The highest BCUT2D eigenvalue weighted by Gasteiger charge is 2.36. The van der Waals surface area contributed by atoms with Crippen LogP contribution in [0.25, 0.3) is 0 Å². The summed E-state index contributed by atoms with van der Waals surface area (Å²) in [6.07, 6.45) is 1.54. The second kappa shape index (κ2) is 7.84. The quantitative estimate of drug-likeness (QED) is 0.413. The fourth-order valence-corrected chi connectivity index (χ4v) is 2.46. The maximum absolute atomic E-state index is 11.2. The van der Waals surface area contributed by atoms with E-state index in [9.17, 15) is 4.79 Å². The molecule has 1 aromatic rings. The molecule has 0 aliphatic rings. The molecule has 0 saturated carbocycles. The van der Waals surface area contributed by atoms with Gasteiger partial charge in [-0.2, -0.15) is 0 Å². The first-order valence-electron chi connectivity index (χ1n) is 7.37. The summed E-state index contributed by atoms with van der Waals surface area (Å²) in [4.78, 5) is 11.2. The van der Waals surface area contributed by atoms with Gasteiger partial charge in [-0.1, -0.05) is 26.0 Å². The van der Waals surface area contributed by atoms with Gasteiger partial charge in [-0.15, -0.1) is 5.10 Å². The summed E-state index contributed by atoms with van der Waals surface area (Å²) in [7, 11) is -0.389. The molecule has 0 amide bonds. The molecule has 0 aliphatic carbocycles. The van der Waals surface area contributed by atoms with Crippen molar-refractivity contribution < 1.29 is 18.7 Å². The Labute approximate surface area is 133 Å². The molecule has 8 heteroatoms. The molecule has 1 aromatic heterocycles. The van der Waals surface area contributed by atoms with Crippen molar-refractivity contribution in [2.75, 3.05) is 26.9 Å². The van der Waals surface area contributed by atoms with E-state index >= 15 is 0 Å². The van der Waals surface area contributed by atoms with Crippen molar-refractivity contribution >= 4 is 14.3 Å². The molecular weight excluding hydrogens is 302 g/mol. The first-order chi connectivity index (χ1) is 10.2. The van der Waals surface area contributed by atoms with Gasteiger partial charge in [-0.3, -0.25) is 0 Å². The minimum absolute atomic E-state index is 0.198. The highest BCUT2D eigenvalue weighted by molar-refractivity contribution is 6.74. The van der Waals surface area contributed by atoms with Crippen molar-refractivity contribution in [3.05, 3.63) is 11.9 Å². The van der Waals surface area contributed by atoms with Gasteiger partial charge in [0.05, 0.1) is 39.7 Å². The molecule has 1 rings (SSSR count). The average Bonchev–Trinajstić information content (AvgIpc) is 2.89. The Bertz CT molecular complexity index is 483. The molecule has 7 nitrogen and oxygen atoms in total. The van der Waals surface area contributed by atoms with Crippen LogP contribution < -0.4 is 0 Å². The number of hydrogen-bond donors (Lipinski definition) is 0. The lowest BCUT2D eigenvalue weighted by Crippen LogP contribution is -2.41. The lowest BCUT2D eigenvalue weighted by Gasteiger charge is -2.36. The van der Waals surface area contributed by atoms with Crippen molar-refractivity contribution in [2.45, 2.75) is 45.4 Å². The molecule has 0 spiro atoms. The molecule has 22 heavy (non-hydrogen) atoms. The van der Waals surface area contributed by atoms with Crippen molar-refractivity contribution in [2.24, 2.45) is 0 Å². The van der Waals surface area contributed by atoms with Gasteiger partial charge >= 0.3 is 5.97 Å². The Kier molecular flexibility index (Phi) is 6.70. The summed E-state index contributed by atoms with van der Waals surface area (Å²) in [5, 5.41) is 7.77. The molecular formula is C14H27N3O4Si. The maximum atomic E-state index is 11.2. The predicted octanol–water partition coefficient (Wildman–Crippen LogP) is 2.10. The van der Waals surface area contributed by atoms with Crippen LogP contribution in [-0.4, -0.2) is 56.2 Å². The van der Waals surface area contributed by atoms with E-state index in [1.165, 1.54) is 7.11 Å². The molecule has 0 unspecified atom stereocenters. The van der Waals surface area contributed by atoms with Gasteiger partial charge < -0.3 is 13.9 Å². The minimum Gasteiger partial charge on any atom is -0.464 e. The zero-order valence-corrected chi connectivity index (χ0v) is 15.4. The minimum atomic E-state index is -1.70. The van der Waals surface area contributed by atoms with Crippen molar-refractivity contribution in [1.29, 1.82) is 0 Å². The Balaban J connectivity index is 2.21. The maximum Gasteiger partial charge on any atom is 0.360 e. The lowest BCUT2D eigenvalue weighted by molar-refractivity contribution is 0.0593. The summed E-state index contributed by atoms with van der Waals surface area (Å²) < 4.78 is 17.7. The number of esters is 1. The van der Waals surface area contributed by atoms with Crippen LogP contribution in [-0.2, 0) is 20.4 Å². The Hall–Kier alpha value is -1.25. The molecule has 0 N–H and O–H groups in total. The van der Waals surface area contributed by atoms with Crippen LogP contribution in [0.2, 0.25) is 18.1 Å². The Morgan fingerprint density at radius 1 is 1.27 bits per heavy atom. The zero-order valence-electron chi connectivity index (χ0n) is 14.4. The van der Waals surface area contributed by atoms with Gasteiger partial charge in [-0.25, -0.2) is 9.48 Å². The first kappa shape index (κ1) is 18.8. The average molecular weight is 329 g/mol. The number of aromatic nitrogens is 3. The third-order valence-electron chi connectivity index (χ3n) is 3.89. The summed E-state index contributed by atoms with van der Waals surface area (Å²) in [5.74, 6) is -0.491. The second-order valence-electron chi connectivity index (χ2n) is 6.58.